The Bertz CT molecular complexity index is 1300. The molecule has 1 unspecified atom stereocenters. The topological polar surface area (TPSA) is 85.4 Å². The average Bonchev–Trinajstić information content (AvgIpc) is 2.72. The number of H-pyrrole nitrogens is 1. The van der Waals surface area contributed by atoms with Crippen molar-refractivity contribution in [3.63, 3.8) is 0 Å². The highest BCUT2D eigenvalue weighted by Crippen LogP contribution is 2.55. The highest BCUT2D eigenvalue weighted by molar-refractivity contribution is 5.91. The molecule has 0 spiro atoms. The Kier molecular flexibility index (Phi) is 5.39. The van der Waals surface area contributed by atoms with Crippen LogP contribution in [0.4, 0.5) is 27.6 Å². The summed E-state index contributed by atoms with van der Waals surface area (Å²) in [6.45, 7) is 2.86. The molecule has 0 saturated carbocycles. The van der Waals surface area contributed by atoms with Crippen molar-refractivity contribution in [1.82, 2.24) is 4.98 Å². The molecule has 0 bridgehead atoms. The second-order valence-electron chi connectivity index (χ2n) is 8.40. The van der Waals surface area contributed by atoms with Gasteiger partial charge in [0.15, 0.2) is 17.2 Å². The van der Waals surface area contributed by atoms with Crippen molar-refractivity contribution in [2.75, 3.05) is 5.32 Å². The van der Waals surface area contributed by atoms with Gasteiger partial charge in [0.25, 0.3) is 0 Å². The number of aromatic nitrogens is 1. The number of phenols is 1. The Morgan fingerprint density at radius 1 is 1.21 bits per heavy atom. The van der Waals surface area contributed by atoms with Gasteiger partial charge in [-0.25, -0.2) is 8.78 Å². The molecule has 33 heavy (non-hydrogen) atoms. The van der Waals surface area contributed by atoms with Crippen LogP contribution in [0.5, 0.6) is 5.75 Å². The molecule has 1 aliphatic rings. The summed E-state index contributed by atoms with van der Waals surface area (Å²) in [5.74, 6) is -3.51. The van der Waals surface area contributed by atoms with E-state index < -0.39 is 53.1 Å². The first-order valence-electron chi connectivity index (χ1n) is 10.3. The summed E-state index contributed by atoms with van der Waals surface area (Å²) in [5.41, 5.74) is -4.17. The third-order valence-corrected chi connectivity index (χ3v) is 6.33. The van der Waals surface area contributed by atoms with Crippen LogP contribution in [0.1, 0.15) is 48.4 Å². The second-order valence-corrected chi connectivity index (χ2v) is 8.40. The molecule has 5 nitrogen and oxygen atoms in total. The predicted molar refractivity (Wildman–Crippen MR) is 112 cm³/mol. The maximum absolute atomic E-state index is 14.5. The summed E-state index contributed by atoms with van der Waals surface area (Å²) in [4.78, 5) is 14.0. The van der Waals surface area contributed by atoms with Gasteiger partial charge in [-0.1, -0.05) is 13.0 Å². The van der Waals surface area contributed by atoms with E-state index in [1.54, 1.807) is 6.92 Å². The number of nitrogens with one attached hydrogen (secondary N) is 2. The number of pyridine rings is 1. The maximum Gasteiger partial charge on any atom is 0.419 e. The molecule has 3 atom stereocenters. The van der Waals surface area contributed by atoms with E-state index in [9.17, 15) is 37.0 Å². The minimum absolute atomic E-state index is 0.0267. The molecule has 2 aromatic carbocycles. The summed E-state index contributed by atoms with van der Waals surface area (Å²) in [7, 11) is 0. The fourth-order valence-electron chi connectivity index (χ4n) is 4.67. The monoisotopic (exact) mass is 468 g/mol. The molecule has 4 rings (SSSR count). The van der Waals surface area contributed by atoms with Crippen molar-refractivity contribution in [2.24, 2.45) is 0 Å². The van der Waals surface area contributed by atoms with E-state index in [1.807, 2.05) is 0 Å². The van der Waals surface area contributed by atoms with Crippen LogP contribution in [0, 0.1) is 18.6 Å². The first-order valence-corrected chi connectivity index (χ1v) is 10.3. The molecule has 176 valence electrons. The van der Waals surface area contributed by atoms with Gasteiger partial charge in [0, 0.05) is 22.7 Å². The van der Waals surface area contributed by atoms with E-state index in [-0.39, 0.29) is 39.7 Å². The first kappa shape index (κ1) is 23.0. The summed E-state index contributed by atoms with van der Waals surface area (Å²) in [6, 6.07) is 3.68. The lowest BCUT2D eigenvalue weighted by Crippen LogP contribution is -2.55. The van der Waals surface area contributed by atoms with Gasteiger partial charge in [0.05, 0.1) is 11.6 Å². The number of phenolic OH excluding ortho intramolecular Hbond substituents is 1. The highest BCUT2D eigenvalue weighted by Gasteiger charge is 2.62. The normalized spacial score (nSPS) is 22.9. The van der Waals surface area contributed by atoms with Crippen molar-refractivity contribution in [3.8, 4) is 5.75 Å². The Hall–Kier alpha value is -3.14. The average molecular weight is 468 g/mol. The number of aryl methyl sites for hydroxylation is 1. The summed E-state index contributed by atoms with van der Waals surface area (Å²) >= 11 is 0. The van der Waals surface area contributed by atoms with E-state index in [0.29, 0.717) is 0 Å². The lowest BCUT2D eigenvalue weighted by atomic mass is 9.68. The van der Waals surface area contributed by atoms with Gasteiger partial charge in [-0.15, -0.1) is 0 Å². The SMILES string of the molecule is CCC1C[C@](O)(C(F)(F)F)[C@@H](Nc2cc(F)cc3[nH]c(=O)ccc23)c2cc(C)c(F)c(O)c21. The number of benzene rings is 2. The molecule has 3 aromatic rings. The smallest absolute Gasteiger partial charge is 0.419 e. The molecule has 0 fully saturated rings. The number of aromatic amines is 1. The zero-order chi connectivity index (χ0) is 24.3. The fraction of sp³-hybridized carbons (Fsp3) is 0.348. The number of hydrogen-bond donors (Lipinski definition) is 4. The molecule has 1 aliphatic carbocycles. The third kappa shape index (κ3) is 3.62. The van der Waals surface area contributed by atoms with E-state index in [0.717, 1.165) is 24.3 Å². The van der Waals surface area contributed by atoms with Crippen LogP contribution < -0.4 is 10.9 Å². The van der Waals surface area contributed by atoms with Crippen molar-refractivity contribution < 1.29 is 32.2 Å². The quantitative estimate of drug-likeness (QED) is 0.400. The molecule has 0 amide bonds. The maximum atomic E-state index is 14.5. The number of aliphatic hydroxyl groups is 1. The number of rotatable bonds is 3. The molecular formula is C23H21F5N2O3. The largest absolute Gasteiger partial charge is 0.505 e. The number of alkyl halides is 3. The molecule has 0 aliphatic heterocycles. The van der Waals surface area contributed by atoms with Crippen molar-refractivity contribution in [3.05, 3.63) is 69.0 Å². The third-order valence-electron chi connectivity index (χ3n) is 6.33. The second kappa shape index (κ2) is 7.72. The predicted octanol–water partition coefficient (Wildman–Crippen LogP) is 5.16. The van der Waals surface area contributed by atoms with Crippen LogP contribution in [-0.4, -0.2) is 27.0 Å². The molecule has 1 heterocycles. The lowest BCUT2D eigenvalue weighted by molar-refractivity contribution is -0.272. The van der Waals surface area contributed by atoms with Gasteiger partial charge in [-0.2, -0.15) is 13.2 Å². The van der Waals surface area contributed by atoms with Gasteiger partial charge in [-0.05, 0) is 55.0 Å². The highest BCUT2D eigenvalue weighted by atomic mass is 19.4. The lowest BCUT2D eigenvalue weighted by Gasteiger charge is -2.46. The van der Waals surface area contributed by atoms with Crippen LogP contribution in [-0.2, 0) is 0 Å². The van der Waals surface area contributed by atoms with Crippen molar-refractivity contribution in [1.29, 1.82) is 0 Å². The number of aromatic hydroxyl groups is 1. The van der Waals surface area contributed by atoms with Crippen LogP contribution in [0.25, 0.3) is 10.9 Å². The zero-order valence-electron chi connectivity index (χ0n) is 17.6. The van der Waals surface area contributed by atoms with Gasteiger partial charge in [-0.3, -0.25) is 4.79 Å². The number of hydrogen-bond acceptors (Lipinski definition) is 4. The zero-order valence-corrected chi connectivity index (χ0v) is 17.6. The molecular weight excluding hydrogens is 447 g/mol. The first-order chi connectivity index (χ1) is 15.4. The number of halogens is 5. The summed E-state index contributed by atoms with van der Waals surface area (Å²) < 4.78 is 71.5. The van der Waals surface area contributed by atoms with Crippen LogP contribution in [0.2, 0.25) is 0 Å². The Labute approximate surface area is 184 Å². The van der Waals surface area contributed by atoms with E-state index in [1.165, 1.54) is 13.0 Å². The Morgan fingerprint density at radius 3 is 2.55 bits per heavy atom. The van der Waals surface area contributed by atoms with Gasteiger partial charge < -0.3 is 20.5 Å². The summed E-state index contributed by atoms with van der Waals surface area (Å²) in [5, 5.41) is 24.3. The van der Waals surface area contributed by atoms with Gasteiger partial charge in [0.1, 0.15) is 5.82 Å². The Balaban J connectivity index is 1.99. The van der Waals surface area contributed by atoms with Crippen LogP contribution in [0.15, 0.2) is 35.1 Å². The van der Waals surface area contributed by atoms with Gasteiger partial charge >= 0.3 is 6.18 Å². The molecule has 0 radical (unpaired) electrons. The Morgan fingerprint density at radius 2 is 1.91 bits per heavy atom. The van der Waals surface area contributed by atoms with E-state index in [4.69, 9.17) is 0 Å². The van der Waals surface area contributed by atoms with Crippen LogP contribution >= 0.6 is 0 Å². The molecule has 0 saturated heterocycles. The minimum Gasteiger partial charge on any atom is -0.505 e. The fourth-order valence-corrected chi connectivity index (χ4v) is 4.67. The van der Waals surface area contributed by atoms with Gasteiger partial charge in [0.2, 0.25) is 5.56 Å². The molecule has 10 heteroatoms. The van der Waals surface area contributed by atoms with Crippen molar-refractivity contribution in [2.45, 2.75) is 50.4 Å². The molecule has 4 N–H and O–H groups in total. The number of anilines is 1. The standard InChI is InChI=1S/C23H21F5N2O3/c1-3-11-9-22(33,23(26,27)28)21(14-6-10(2)19(25)20(32)18(11)14)30-16-8-12(24)7-15-13(16)4-5-17(31)29-15/h4-8,11,21,30,32-33H,3,9H2,1-2H3,(H,29,31)/t11?,21-,22+/m0/s1. The minimum atomic E-state index is -5.11. The van der Waals surface area contributed by atoms with E-state index in [2.05, 4.69) is 10.3 Å². The van der Waals surface area contributed by atoms with Crippen LogP contribution in [0.3, 0.4) is 0 Å². The number of fused-ring (bicyclic) bond motifs is 2. The van der Waals surface area contributed by atoms with E-state index >= 15 is 0 Å². The van der Waals surface area contributed by atoms with Crippen molar-refractivity contribution >= 4 is 16.6 Å². The summed E-state index contributed by atoms with van der Waals surface area (Å²) in [6.07, 6.45) is -5.83. The molecule has 1 aromatic heterocycles.